The van der Waals surface area contributed by atoms with Crippen LogP contribution in [-0.2, 0) is 27.3 Å². The number of aliphatic hydroxyl groups excluding tert-OH is 1. The van der Waals surface area contributed by atoms with E-state index in [1.807, 2.05) is 87.5 Å². The van der Waals surface area contributed by atoms with E-state index in [0.29, 0.717) is 12.3 Å². The summed E-state index contributed by atoms with van der Waals surface area (Å²) in [6.45, 7) is 5.81. The molecular weight excluding hydrogens is 588 g/mol. The molecule has 234 valence electrons. The number of carbonyl (C=O) groups is 3. The van der Waals surface area contributed by atoms with Gasteiger partial charge in [-0.15, -0.1) is 11.8 Å². The number of aromatic nitrogens is 1. The molecule has 2 heterocycles. The summed E-state index contributed by atoms with van der Waals surface area (Å²) in [4.78, 5) is 46.4. The molecule has 0 unspecified atom stereocenters. The molecule has 10 heteroatoms. The third kappa shape index (κ3) is 7.64. The third-order valence-corrected chi connectivity index (χ3v) is 9.41. The zero-order valence-corrected chi connectivity index (χ0v) is 26.4. The molecule has 1 aliphatic rings. The average molecular weight is 627 g/mol. The number of hydrogen-bond donors (Lipinski definition) is 3. The Kier molecular flexibility index (Phi) is 10.0. The van der Waals surface area contributed by atoms with Gasteiger partial charge in [0.2, 0.25) is 5.91 Å². The zero-order chi connectivity index (χ0) is 32.0. The summed E-state index contributed by atoms with van der Waals surface area (Å²) in [7, 11) is 0. The molecule has 3 amide bonds. The number of benzene rings is 3. The molecule has 3 aromatic carbocycles. The van der Waals surface area contributed by atoms with Gasteiger partial charge >= 0.3 is 0 Å². The van der Waals surface area contributed by atoms with Gasteiger partial charge < -0.3 is 25.4 Å². The minimum Gasteiger partial charge on any atom is -0.483 e. The number of nitrogens with one attached hydrogen (secondary N) is 2. The summed E-state index contributed by atoms with van der Waals surface area (Å²) in [5.41, 5.74) is 3.61. The van der Waals surface area contributed by atoms with E-state index in [4.69, 9.17) is 4.74 Å². The molecule has 5 rings (SSSR count). The molecule has 1 aliphatic heterocycles. The maximum absolute atomic E-state index is 13.9. The van der Waals surface area contributed by atoms with Crippen LogP contribution < -0.4 is 15.4 Å². The van der Waals surface area contributed by atoms with Crippen molar-refractivity contribution < 1.29 is 24.2 Å². The minimum absolute atomic E-state index is 0.201. The number of amides is 3. The van der Waals surface area contributed by atoms with Crippen LogP contribution in [0.4, 0.5) is 0 Å². The number of rotatable bonds is 11. The van der Waals surface area contributed by atoms with E-state index in [0.717, 1.165) is 27.6 Å². The largest absolute Gasteiger partial charge is 0.483 e. The quantitative estimate of drug-likeness (QED) is 0.230. The number of thioether (sulfide) groups is 1. The van der Waals surface area contributed by atoms with Gasteiger partial charge in [0.25, 0.3) is 11.8 Å². The second-order valence-corrected chi connectivity index (χ2v) is 13.3. The van der Waals surface area contributed by atoms with E-state index < -0.39 is 34.7 Å². The van der Waals surface area contributed by atoms with Crippen LogP contribution in [0.2, 0.25) is 0 Å². The van der Waals surface area contributed by atoms with E-state index in [-0.39, 0.29) is 24.8 Å². The van der Waals surface area contributed by atoms with Gasteiger partial charge in [0.15, 0.2) is 12.7 Å². The van der Waals surface area contributed by atoms with Crippen LogP contribution in [-0.4, -0.2) is 68.1 Å². The van der Waals surface area contributed by atoms with Crippen molar-refractivity contribution in [3.8, 4) is 5.75 Å². The Labute approximate surface area is 267 Å². The molecule has 9 nitrogen and oxygen atoms in total. The molecular formula is C35H38N4O5S. The lowest BCUT2D eigenvalue weighted by atomic mass is 9.97. The smallest absolute Gasteiger partial charge is 0.258 e. The van der Waals surface area contributed by atoms with Crippen LogP contribution in [0, 0.1) is 6.92 Å². The first-order valence-corrected chi connectivity index (χ1v) is 15.9. The number of hydrogen-bond acceptors (Lipinski definition) is 7. The van der Waals surface area contributed by atoms with Gasteiger partial charge in [-0.25, -0.2) is 0 Å². The predicted molar refractivity (Wildman–Crippen MR) is 176 cm³/mol. The zero-order valence-electron chi connectivity index (χ0n) is 25.6. The lowest BCUT2D eigenvalue weighted by Gasteiger charge is -2.33. The fourth-order valence-corrected chi connectivity index (χ4v) is 6.68. The number of aliphatic hydroxyl groups is 1. The first kappa shape index (κ1) is 32.0. The van der Waals surface area contributed by atoms with Gasteiger partial charge in [-0.3, -0.25) is 19.4 Å². The first-order chi connectivity index (χ1) is 21.6. The van der Waals surface area contributed by atoms with Crippen molar-refractivity contribution in [2.45, 2.75) is 56.7 Å². The highest BCUT2D eigenvalue weighted by Gasteiger charge is 2.49. The number of fused-ring (bicyclic) bond motifs is 1. The van der Waals surface area contributed by atoms with Crippen molar-refractivity contribution in [2.75, 3.05) is 12.5 Å². The second-order valence-electron chi connectivity index (χ2n) is 11.7. The predicted octanol–water partition coefficient (Wildman–Crippen LogP) is 4.01. The molecule has 1 aromatic heterocycles. The Morgan fingerprint density at radius 2 is 1.78 bits per heavy atom. The summed E-state index contributed by atoms with van der Waals surface area (Å²) < 4.78 is 5.24. The Balaban J connectivity index is 1.30. The molecule has 0 bridgehead atoms. The van der Waals surface area contributed by atoms with E-state index in [9.17, 15) is 19.5 Å². The van der Waals surface area contributed by atoms with Crippen LogP contribution in [0.5, 0.6) is 5.75 Å². The van der Waals surface area contributed by atoms with Gasteiger partial charge in [-0.2, -0.15) is 0 Å². The summed E-state index contributed by atoms with van der Waals surface area (Å²) in [5.74, 6) is -0.674. The maximum Gasteiger partial charge on any atom is 0.258 e. The number of aryl methyl sites for hydroxylation is 1. The lowest BCUT2D eigenvalue weighted by Crippen LogP contribution is -2.59. The second kappa shape index (κ2) is 14.1. The minimum atomic E-state index is -1.60. The molecule has 0 aliphatic carbocycles. The first-order valence-electron chi connectivity index (χ1n) is 14.9. The molecule has 0 radical (unpaired) electrons. The topological polar surface area (TPSA) is 121 Å². The highest BCUT2D eigenvalue weighted by Crippen LogP contribution is 2.40. The number of nitrogens with zero attached hydrogens (tertiary/aromatic N) is 2. The maximum atomic E-state index is 13.9. The number of ether oxygens (including phenoxy) is 1. The van der Waals surface area contributed by atoms with E-state index >= 15 is 0 Å². The van der Waals surface area contributed by atoms with Crippen molar-refractivity contribution in [3.63, 3.8) is 0 Å². The van der Waals surface area contributed by atoms with Crippen molar-refractivity contribution in [3.05, 3.63) is 108 Å². The molecule has 3 atom stereocenters. The molecule has 3 N–H and O–H groups in total. The lowest BCUT2D eigenvalue weighted by molar-refractivity contribution is -0.148. The SMILES string of the molecule is Cc1ccccc1CNC(=O)[C@H]1N(C(=O)[C@@H](O)[C@H](Cc2ccccc2)NC(=O)COc2cccc3ncccc23)CSC1(C)C. The third-order valence-electron chi connectivity index (χ3n) is 8.03. The normalized spacial score (nSPS) is 17.0. The van der Waals surface area contributed by atoms with Crippen molar-refractivity contribution >= 4 is 40.4 Å². The molecule has 4 aromatic rings. The van der Waals surface area contributed by atoms with Crippen LogP contribution in [0.1, 0.15) is 30.5 Å². The summed E-state index contributed by atoms with van der Waals surface area (Å²) in [6.07, 6.45) is 0.285. The van der Waals surface area contributed by atoms with Gasteiger partial charge in [0.05, 0.1) is 17.4 Å². The van der Waals surface area contributed by atoms with Crippen molar-refractivity contribution in [1.82, 2.24) is 20.5 Å². The fraction of sp³-hybridized carbons (Fsp3) is 0.314. The van der Waals surface area contributed by atoms with E-state index in [1.54, 1.807) is 24.4 Å². The van der Waals surface area contributed by atoms with Gasteiger partial charge in [-0.1, -0.05) is 60.7 Å². The summed E-state index contributed by atoms with van der Waals surface area (Å²) in [6, 6.07) is 24.4. The Morgan fingerprint density at radius 1 is 1.02 bits per heavy atom. The summed E-state index contributed by atoms with van der Waals surface area (Å²) >= 11 is 1.47. The molecule has 1 saturated heterocycles. The average Bonchev–Trinajstić information content (AvgIpc) is 3.37. The molecule has 0 saturated carbocycles. The molecule has 0 spiro atoms. The standard InChI is InChI=1S/C35H38N4O5S/c1-23-11-7-8-14-25(23)20-37-33(42)32-35(2,3)45-22-39(32)34(43)31(41)28(19-24-12-5-4-6-13-24)38-30(40)21-44-29-17-9-16-27-26(29)15-10-18-36-27/h4-18,28,31-32,41H,19-22H2,1-3H3,(H,37,42)(H,38,40)/t28-,31-,32+/m0/s1. The van der Waals surface area contributed by atoms with Crippen molar-refractivity contribution in [1.29, 1.82) is 0 Å². The monoisotopic (exact) mass is 626 g/mol. The van der Waals surface area contributed by atoms with Gasteiger partial charge in [0, 0.05) is 22.9 Å². The highest BCUT2D eigenvalue weighted by atomic mass is 32.2. The number of carbonyl (C=O) groups excluding carboxylic acids is 3. The Hall–Kier alpha value is -4.41. The Morgan fingerprint density at radius 3 is 2.56 bits per heavy atom. The van der Waals surface area contributed by atoms with E-state index in [2.05, 4.69) is 15.6 Å². The van der Waals surface area contributed by atoms with Crippen LogP contribution >= 0.6 is 11.8 Å². The molecule has 1 fully saturated rings. The van der Waals surface area contributed by atoms with E-state index in [1.165, 1.54) is 16.7 Å². The Bertz CT molecular complexity index is 1660. The van der Waals surface area contributed by atoms with Crippen LogP contribution in [0.25, 0.3) is 10.9 Å². The van der Waals surface area contributed by atoms with Crippen molar-refractivity contribution in [2.24, 2.45) is 0 Å². The number of pyridine rings is 1. The van der Waals surface area contributed by atoms with Gasteiger partial charge in [-0.05, 0) is 68.1 Å². The molecule has 45 heavy (non-hydrogen) atoms. The highest BCUT2D eigenvalue weighted by molar-refractivity contribution is 8.00. The van der Waals surface area contributed by atoms with Gasteiger partial charge in [0.1, 0.15) is 11.8 Å². The van der Waals surface area contributed by atoms with Crippen LogP contribution in [0.15, 0.2) is 91.1 Å². The van der Waals surface area contributed by atoms with Crippen LogP contribution in [0.3, 0.4) is 0 Å². The fourth-order valence-electron chi connectivity index (χ4n) is 5.54. The summed E-state index contributed by atoms with van der Waals surface area (Å²) in [5, 5.41) is 18.1.